The Morgan fingerprint density at radius 2 is 0.917 bits per heavy atom. The zero-order valence-corrected chi connectivity index (χ0v) is 13.5. The Kier molecular flexibility index (Phi) is 5.64. The van der Waals surface area contributed by atoms with Crippen molar-refractivity contribution in [3.63, 3.8) is 0 Å². The Labute approximate surface area is 147 Å². The summed E-state index contributed by atoms with van der Waals surface area (Å²) < 4.78 is 0. The maximum atomic E-state index is 12.4. The lowest BCUT2D eigenvalue weighted by molar-refractivity contribution is 0.0999. The van der Waals surface area contributed by atoms with Gasteiger partial charge in [-0.2, -0.15) is 0 Å². The van der Waals surface area contributed by atoms with Crippen LogP contribution < -0.4 is 0 Å². The molecule has 0 spiro atoms. The van der Waals surface area contributed by atoms with Gasteiger partial charge in [0.25, 0.3) is 0 Å². The molecule has 0 aliphatic carbocycles. The Morgan fingerprint density at radius 3 is 1.17 bits per heavy atom. The normalized spacial score (nSPS) is 9.58. The first-order chi connectivity index (χ1) is 11.5. The lowest BCUT2D eigenvalue weighted by Gasteiger charge is -2.05. The first kappa shape index (κ1) is 17.6. The van der Waals surface area contributed by atoms with E-state index >= 15 is 0 Å². The van der Waals surface area contributed by atoms with Gasteiger partial charge in [-0.1, -0.05) is 23.2 Å². The van der Waals surface area contributed by atoms with E-state index in [9.17, 15) is 19.2 Å². The Morgan fingerprint density at radius 1 is 0.625 bits per heavy atom. The zero-order chi connectivity index (χ0) is 17.7. The summed E-state index contributed by atoms with van der Waals surface area (Å²) in [6.07, 6.45) is 0. The van der Waals surface area contributed by atoms with Crippen LogP contribution in [0.25, 0.3) is 0 Å². The summed E-state index contributed by atoms with van der Waals surface area (Å²) >= 11 is 11.5. The highest BCUT2D eigenvalue weighted by molar-refractivity contribution is 6.32. The summed E-state index contributed by atoms with van der Waals surface area (Å²) in [5.41, 5.74) is -1.19. The van der Waals surface area contributed by atoms with Gasteiger partial charge in [0.1, 0.15) is 23.0 Å². The van der Waals surface area contributed by atoms with E-state index in [1.54, 1.807) is 0 Å². The van der Waals surface area contributed by atoms with Crippen LogP contribution in [0.15, 0.2) is 59.7 Å². The van der Waals surface area contributed by atoms with Gasteiger partial charge in [0.15, 0.2) is 0 Å². The van der Waals surface area contributed by atoms with Crippen molar-refractivity contribution in [3.05, 3.63) is 80.8 Å². The zero-order valence-electron chi connectivity index (χ0n) is 12.0. The van der Waals surface area contributed by atoms with Crippen molar-refractivity contribution in [1.82, 2.24) is 0 Å². The highest BCUT2D eigenvalue weighted by Crippen LogP contribution is 2.19. The van der Waals surface area contributed by atoms with E-state index in [1.165, 1.54) is 60.4 Å². The topological polar surface area (TPSA) is 68.3 Å². The van der Waals surface area contributed by atoms with Gasteiger partial charge < -0.3 is 0 Å². The van der Waals surface area contributed by atoms with Gasteiger partial charge in [-0.15, -0.1) is 0 Å². The second-order valence-corrected chi connectivity index (χ2v) is 5.50. The highest BCUT2D eigenvalue weighted by atomic mass is 35.5. The molecule has 6 heteroatoms. The molecule has 0 atom stereocenters. The molecule has 2 aromatic rings. The average molecular weight is 359 g/mol. The van der Waals surface area contributed by atoms with Crippen molar-refractivity contribution in [1.29, 1.82) is 0 Å². The van der Waals surface area contributed by atoms with Crippen LogP contribution in [0.4, 0.5) is 0 Å². The van der Waals surface area contributed by atoms with Crippen LogP contribution in [0, 0.1) is 0 Å². The van der Waals surface area contributed by atoms with Crippen molar-refractivity contribution in [2.45, 2.75) is 0 Å². The molecule has 0 N–H and O–H groups in total. The Balaban J connectivity index is 2.40. The molecule has 2 aromatic carbocycles. The monoisotopic (exact) mass is 358 g/mol. The number of carbonyl (C=O) groups is 2. The predicted octanol–water partition coefficient (Wildman–Crippen LogP) is 3.58. The number of Topliss-reactive ketones (excluding diaryl/α,β-unsaturated/α-hetero) is 2. The van der Waals surface area contributed by atoms with Crippen LogP contribution in [0.5, 0.6) is 0 Å². The molecule has 4 nitrogen and oxygen atoms in total. The molecule has 0 radical (unpaired) electrons. The molecule has 2 rings (SSSR count). The fourth-order valence-corrected chi connectivity index (χ4v) is 2.16. The molecule has 0 aromatic heterocycles. The van der Waals surface area contributed by atoms with Crippen molar-refractivity contribution < 1.29 is 19.2 Å². The molecule has 0 unspecified atom stereocenters. The van der Waals surface area contributed by atoms with Gasteiger partial charge in [0, 0.05) is 21.2 Å². The number of rotatable bonds is 5. The first-order valence-electron chi connectivity index (χ1n) is 6.59. The van der Waals surface area contributed by atoms with Crippen LogP contribution in [0.3, 0.4) is 0 Å². The second-order valence-electron chi connectivity index (χ2n) is 4.63. The van der Waals surface area contributed by atoms with Crippen molar-refractivity contribution in [2.24, 2.45) is 0 Å². The van der Waals surface area contributed by atoms with Gasteiger partial charge in [-0.25, -0.2) is 9.59 Å². The summed E-state index contributed by atoms with van der Waals surface area (Å²) in [4.78, 5) is 47.1. The molecule has 24 heavy (non-hydrogen) atoms. The second kappa shape index (κ2) is 7.69. The number of ketones is 2. The van der Waals surface area contributed by atoms with Gasteiger partial charge in [-0.3, -0.25) is 9.59 Å². The van der Waals surface area contributed by atoms with Crippen LogP contribution in [-0.2, 0) is 9.59 Å². The largest absolute Gasteiger partial charge is 0.288 e. The molecule has 118 valence electrons. The van der Waals surface area contributed by atoms with E-state index in [0.717, 1.165) is 0 Å². The average Bonchev–Trinajstić information content (AvgIpc) is 2.59. The smallest absolute Gasteiger partial charge is 0.205 e. The fourth-order valence-electron chi connectivity index (χ4n) is 1.91. The third-order valence-corrected chi connectivity index (χ3v) is 3.63. The molecule has 0 saturated carbocycles. The fraction of sp³-hybridized carbons (Fsp3) is 0. The maximum absolute atomic E-state index is 12.4. The summed E-state index contributed by atoms with van der Waals surface area (Å²) in [5, 5.41) is 0.790. The van der Waals surface area contributed by atoms with E-state index in [0.29, 0.717) is 10.0 Å². The van der Waals surface area contributed by atoms with Gasteiger partial charge in [-0.05, 0) is 48.5 Å². The molecule has 0 aliphatic rings. The minimum absolute atomic E-state index is 0.0920. The minimum atomic E-state index is -0.817. The van der Waals surface area contributed by atoms with E-state index in [-0.39, 0.29) is 11.1 Å². The van der Waals surface area contributed by atoms with Crippen molar-refractivity contribution in [2.75, 3.05) is 0 Å². The van der Waals surface area contributed by atoms with Crippen molar-refractivity contribution >= 4 is 46.7 Å². The SMILES string of the molecule is O=C=C(C(=O)c1ccc(Cl)cc1)C(=C=O)C(=O)c1ccc(Cl)cc1. The van der Waals surface area contributed by atoms with E-state index in [2.05, 4.69) is 0 Å². The standard InChI is InChI=1S/C18H8Cl2O4/c19-13-5-1-11(2-6-13)17(23)15(9-21)16(10-22)18(24)12-3-7-14(20)8-4-12/h1-8H. The number of allylic oxidation sites excluding steroid dienone is 2. The van der Waals surface area contributed by atoms with Gasteiger partial charge >= 0.3 is 0 Å². The van der Waals surface area contributed by atoms with Crippen molar-refractivity contribution in [3.8, 4) is 0 Å². The summed E-state index contributed by atoms with van der Waals surface area (Å²) in [6, 6.07) is 11.3. The van der Waals surface area contributed by atoms with E-state index in [1.807, 2.05) is 0 Å². The Bertz CT molecular complexity index is 822. The van der Waals surface area contributed by atoms with Crippen LogP contribution >= 0.6 is 23.2 Å². The summed E-state index contributed by atoms with van der Waals surface area (Å²) in [6.45, 7) is 0. The minimum Gasteiger partial charge on any atom is -0.288 e. The molecule has 0 fully saturated rings. The van der Waals surface area contributed by atoms with Crippen LogP contribution in [0.1, 0.15) is 20.7 Å². The molecular formula is C18H8Cl2O4. The molecule has 0 aliphatic heterocycles. The third kappa shape index (κ3) is 3.77. The number of carbonyl (C=O) groups excluding carboxylic acids is 4. The highest BCUT2D eigenvalue weighted by Gasteiger charge is 2.25. The van der Waals surface area contributed by atoms with Gasteiger partial charge in [0.2, 0.25) is 11.6 Å². The van der Waals surface area contributed by atoms with E-state index in [4.69, 9.17) is 23.2 Å². The van der Waals surface area contributed by atoms with Crippen LogP contribution in [0.2, 0.25) is 10.0 Å². The molecule has 0 heterocycles. The predicted molar refractivity (Wildman–Crippen MR) is 90.0 cm³/mol. The number of halogens is 2. The number of hydrogen-bond donors (Lipinski definition) is 0. The molecular weight excluding hydrogens is 351 g/mol. The molecule has 0 amide bonds. The molecule has 0 bridgehead atoms. The Hall–Kier alpha value is -2.74. The summed E-state index contributed by atoms with van der Waals surface area (Å²) in [7, 11) is 0. The molecule has 0 saturated heterocycles. The first-order valence-corrected chi connectivity index (χ1v) is 7.34. The lowest BCUT2D eigenvalue weighted by Crippen LogP contribution is -2.14. The summed E-state index contributed by atoms with van der Waals surface area (Å²) in [5.74, 6) is 1.10. The third-order valence-electron chi connectivity index (χ3n) is 3.12. The van der Waals surface area contributed by atoms with Gasteiger partial charge in [0.05, 0.1) is 0 Å². The quantitative estimate of drug-likeness (QED) is 0.354. The number of benzene rings is 2. The maximum Gasteiger partial charge on any atom is 0.205 e. The lowest BCUT2D eigenvalue weighted by atomic mass is 9.93. The van der Waals surface area contributed by atoms with Crippen LogP contribution in [-0.4, -0.2) is 23.4 Å². The van der Waals surface area contributed by atoms with E-state index < -0.39 is 22.7 Å². The number of hydrogen-bond acceptors (Lipinski definition) is 4.